The number of amides is 3. The fraction of sp³-hybridized carbons (Fsp3) is 0.227. The Hall–Kier alpha value is -2.22. The highest BCUT2D eigenvalue weighted by Gasteiger charge is 2.37. The number of nitrogens with zero attached hydrogens (tertiary/aromatic N) is 2. The van der Waals surface area contributed by atoms with Gasteiger partial charge in [-0.15, -0.1) is 0 Å². The zero-order valence-electron chi connectivity index (χ0n) is 16.0. The van der Waals surface area contributed by atoms with Crippen molar-refractivity contribution in [2.24, 2.45) is 0 Å². The summed E-state index contributed by atoms with van der Waals surface area (Å²) in [6.07, 6.45) is 3.64. The first-order valence-corrected chi connectivity index (χ1v) is 11.6. The Morgan fingerprint density at radius 1 is 1.00 bits per heavy atom. The number of carbonyl (C=O) groups is 3. The average Bonchev–Trinajstić information content (AvgIpc) is 3.36. The van der Waals surface area contributed by atoms with Gasteiger partial charge >= 0.3 is 0 Å². The number of benzene rings is 2. The Kier molecular flexibility index (Phi) is 6.51. The molecule has 0 radical (unpaired) electrons. The van der Waals surface area contributed by atoms with Gasteiger partial charge in [-0.2, -0.15) is 0 Å². The SMILES string of the molecule is O=C(CN1C(=O)SC(=Cc2ccc(Sc3ccc(Cl)cc3)cc2)C1=O)N1CCCC1. The standard InChI is InChI=1S/C22H19ClN2O3S2/c23-16-5-9-18(10-6-16)29-17-7-3-15(4-8-17)13-19-21(27)25(22(28)30-19)14-20(26)24-11-1-2-12-24/h3-10,13H,1-2,11-12,14H2. The topological polar surface area (TPSA) is 57.7 Å². The molecule has 0 atom stereocenters. The predicted octanol–water partition coefficient (Wildman–Crippen LogP) is 5.15. The number of thioether (sulfide) groups is 1. The van der Waals surface area contributed by atoms with Gasteiger partial charge in [0.25, 0.3) is 11.1 Å². The third-order valence-electron chi connectivity index (χ3n) is 4.85. The van der Waals surface area contributed by atoms with E-state index in [9.17, 15) is 14.4 Å². The lowest BCUT2D eigenvalue weighted by Gasteiger charge is -2.18. The summed E-state index contributed by atoms with van der Waals surface area (Å²) in [5.41, 5.74) is 0.826. The van der Waals surface area contributed by atoms with Crippen LogP contribution in [0.15, 0.2) is 63.2 Å². The molecule has 2 fully saturated rings. The van der Waals surface area contributed by atoms with Gasteiger partial charge in [0.2, 0.25) is 5.91 Å². The van der Waals surface area contributed by atoms with Crippen molar-refractivity contribution < 1.29 is 14.4 Å². The first-order chi connectivity index (χ1) is 14.5. The van der Waals surface area contributed by atoms with Crippen LogP contribution in [0.4, 0.5) is 4.79 Å². The largest absolute Gasteiger partial charge is 0.341 e. The van der Waals surface area contributed by atoms with Crippen LogP contribution in [0, 0.1) is 0 Å². The molecule has 2 aromatic carbocycles. The second-order valence-electron chi connectivity index (χ2n) is 6.98. The number of hydrogen-bond acceptors (Lipinski definition) is 5. The summed E-state index contributed by atoms with van der Waals surface area (Å²) in [5, 5.41) is 0.305. The summed E-state index contributed by atoms with van der Waals surface area (Å²) in [6.45, 7) is 1.22. The molecule has 0 spiro atoms. The molecule has 4 rings (SSSR count). The van der Waals surface area contributed by atoms with Crippen molar-refractivity contribution in [3.8, 4) is 0 Å². The van der Waals surface area contributed by atoms with Crippen molar-refractivity contribution in [3.05, 3.63) is 64.0 Å². The molecule has 0 aliphatic carbocycles. The highest BCUT2D eigenvalue weighted by atomic mass is 35.5. The lowest BCUT2D eigenvalue weighted by atomic mass is 10.2. The minimum absolute atomic E-state index is 0.167. The van der Waals surface area contributed by atoms with Crippen LogP contribution in [0.2, 0.25) is 5.02 Å². The van der Waals surface area contributed by atoms with E-state index in [0.29, 0.717) is 23.0 Å². The third-order valence-corrected chi connectivity index (χ3v) is 7.03. The van der Waals surface area contributed by atoms with E-state index in [2.05, 4.69) is 0 Å². The first kappa shape index (κ1) is 21.0. The normalized spacial score (nSPS) is 18.0. The number of halogens is 1. The van der Waals surface area contributed by atoms with E-state index in [1.54, 1.807) is 22.7 Å². The van der Waals surface area contributed by atoms with Gasteiger partial charge in [-0.1, -0.05) is 35.5 Å². The van der Waals surface area contributed by atoms with Crippen molar-refractivity contribution in [1.82, 2.24) is 9.80 Å². The summed E-state index contributed by atoms with van der Waals surface area (Å²) >= 11 is 8.41. The molecule has 8 heteroatoms. The molecule has 0 aromatic heterocycles. The quantitative estimate of drug-likeness (QED) is 0.580. The van der Waals surface area contributed by atoms with Gasteiger partial charge < -0.3 is 4.90 Å². The number of imide groups is 1. The summed E-state index contributed by atoms with van der Waals surface area (Å²) in [6, 6.07) is 15.4. The molecule has 0 unspecified atom stereocenters. The van der Waals surface area contributed by atoms with Gasteiger partial charge in [0.15, 0.2) is 0 Å². The molecule has 0 bridgehead atoms. The third kappa shape index (κ3) is 4.91. The van der Waals surface area contributed by atoms with Gasteiger partial charge in [-0.25, -0.2) is 0 Å². The van der Waals surface area contributed by atoms with E-state index < -0.39 is 11.1 Å². The Balaban J connectivity index is 1.41. The first-order valence-electron chi connectivity index (χ1n) is 9.56. The van der Waals surface area contributed by atoms with E-state index in [0.717, 1.165) is 44.9 Å². The van der Waals surface area contributed by atoms with E-state index in [1.165, 1.54) is 0 Å². The fourth-order valence-corrected chi connectivity index (χ4v) is 5.04. The van der Waals surface area contributed by atoms with E-state index in [4.69, 9.17) is 11.6 Å². The molecule has 0 N–H and O–H groups in total. The average molecular weight is 459 g/mol. The zero-order valence-corrected chi connectivity index (χ0v) is 18.4. The summed E-state index contributed by atoms with van der Waals surface area (Å²) in [4.78, 5) is 42.4. The summed E-state index contributed by atoms with van der Waals surface area (Å²) in [7, 11) is 0. The van der Waals surface area contributed by atoms with Crippen molar-refractivity contribution in [2.45, 2.75) is 22.6 Å². The lowest BCUT2D eigenvalue weighted by Crippen LogP contribution is -2.40. The molecule has 2 aliphatic heterocycles. The van der Waals surface area contributed by atoms with E-state index in [-0.39, 0.29) is 12.5 Å². The maximum atomic E-state index is 12.6. The van der Waals surface area contributed by atoms with Crippen LogP contribution >= 0.6 is 35.1 Å². The Labute approximate surface area is 188 Å². The summed E-state index contributed by atoms with van der Waals surface area (Å²) < 4.78 is 0. The fourth-order valence-electron chi connectivity index (χ4n) is 3.26. The predicted molar refractivity (Wildman–Crippen MR) is 121 cm³/mol. The van der Waals surface area contributed by atoms with E-state index >= 15 is 0 Å². The molecular weight excluding hydrogens is 440 g/mol. The van der Waals surface area contributed by atoms with Crippen molar-refractivity contribution in [2.75, 3.05) is 19.6 Å². The second kappa shape index (κ2) is 9.29. The molecule has 2 aliphatic rings. The smallest absolute Gasteiger partial charge is 0.294 e. The van der Waals surface area contributed by atoms with Gasteiger partial charge in [0.1, 0.15) is 6.54 Å². The Morgan fingerprint density at radius 2 is 1.60 bits per heavy atom. The minimum atomic E-state index is -0.405. The van der Waals surface area contributed by atoms with Crippen LogP contribution in [-0.4, -0.2) is 46.5 Å². The molecular formula is C22H19ClN2O3S2. The molecule has 5 nitrogen and oxygen atoms in total. The summed E-state index contributed by atoms with van der Waals surface area (Å²) in [5.74, 6) is -0.572. The van der Waals surface area contributed by atoms with Gasteiger partial charge in [0.05, 0.1) is 4.91 Å². The maximum Gasteiger partial charge on any atom is 0.294 e. The molecule has 3 amide bonds. The molecule has 2 saturated heterocycles. The highest BCUT2D eigenvalue weighted by molar-refractivity contribution is 8.18. The lowest BCUT2D eigenvalue weighted by molar-refractivity contribution is -0.135. The molecule has 2 aromatic rings. The number of rotatable bonds is 5. The zero-order chi connectivity index (χ0) is 21.1. The molecule has 154 valence electrons. The Morgan fingerprint density at radius 3 is 2.23 bits per heavy atom. The second-order valence-corrected chi connectivity index (χ2v) is 9.56. The van der Waals surface area contributed by atoms with Crippen LogP contribution in [0.5, 0.6) is 0 Å². The van der Waals surface area contributed by atoms with Gasteiger partial charge in [-0.3, -0.25) is 19.3 Å². The van der Waals surface area contributed by atoms with Crippen molar-refractivity contribution in [1.29, 1.82) is 0 Å². The van der Waals surface area contributed by atoms with Crippen LogP contribution in [0.3, 0.4) is 0 Å². The van der Waals surface area contributed by atoms with Gasteiger partial charge in [0, 0.05) is 27.9 Å². The monoisotopic (exact) mass is 458 g/mol. The van der Waals surface area contributed by atoms with Crippen LogP contribution < -0.4 is 0 Å². The van der Waals surface area contributed by atoms with E-state index in [1.807, 2.05) is 48.5 Å². The molecule has 2 heterocycles. The number of hydrogen-bond donors (Lipinski definition) is 0. The van der Waals surface area contributed by atoms with Crippen LogP contribution in [0.1, 0.15) is 18.4 Å². The minimum Gasteiger partial charge on any atom is -0.341 e. The van der Waals surface area contributed by atoms with Crippen molar-refractivity contribution >= 4 is 58.3 Å². The maximum absolute atomic E-state index is 12.6. The molecule has 0 saturated carbocycles. The highest BCUT2D eigenvalue weighted by Crippen LogP contribution is 2.33. The van der Waals surface area contributed by atoms with Crippen LogP contribution in [0.25, 0.3) is 6.08 Å². The van der Waals surface area contributed by atoms with Gasteiger partial charge in [-0.05, 0) is 72.6 Å². The van der Waals surface area contributed by atoms with Crippen molar-refractivity contribution in [3.63, 3.8) is 0 Å². The number of carbonyl (C=O) groups excluding carboxylic acids is 3. The Bertz CT molecular complexity index is 1000. The molecule has 30 heavy (non-hydrogen) atoms. The van der Waals surface area contributed by atoms with Crippen LogP contribution in [-0.2, 0) is 9.59 Å². The number of likely N-dealkylation sites (tertiary alicyclic amines) is 1.